The molecule has 1 amide bonds. The third-order valence-electron chi connectivity index (χ3n) is 3.43. The first-order valence-corrected chi connectivity index (χ1v) is 8.37. The number of hydrogen-bond acceptors (Lipinski definition) is 3. The summed E-state index contributed by atoms with van der Waals surface area (Å²) in [5.41, 5.74) is -0.306. The number of nitrogens with one attached hydrogen (secondary N) is 1. The van der Waals surface area contributed by atoms with Crippen LogP contribution in [0.1, 0.15) is 5.56 Å². The second kappa shape index (κ2) is 7.14. The molecule has 0 bridgehead atoms. The number of pyridine rings is 1. The van der Waals surface area contributed by atoms with Gasteiger partial charge in [0.05, 0.1) is 27.5 Å². The number of carbonyl (C=O) groups is 1. The van der Waals surface area contributed by atoms with Crippen LogP contribution in [-0.4, -0.2) is 16.6 Å². The van der Waals surface area contributed by atoms with E-state index in [1.54, 1.807) is 6.07 Å². The second-order valence-corrected chi connectivity index (χ2v) is 6.22. The summed E-state index contributed by atoms with van der Waals surface area (Å²) in [7, 11) is 0. The molecule has 1 aromatic heterocycles. The Morgan fingerprint density at radius 2 is 1.72 bits per heavy atom. The van der Waals surface area contributed by atoms with Gasteiger partial charge < -0.3 is 5.32 Å². The van der Waals surface area contributed by atoms with E-state index in [4.69, 9.17) is 0 Å². The van der Waals surface area contributed by atoms with Crippen LogP contribution in [0.5, 0.6) is 0 Å². The lowest BCUT2D eigenvalue weighted by atomic mass is 10.1. The summed E-state index contributed by atoms with van der Waals surface area (Å²) in [6.45, 7) is 0. The van der Waals surface area contributed by atoms with Crippen molar-refractivity contribution in [3.05, 3.63) is 66.2 Å². The van der Waals surface area contributed by atoms with E-state index in [-0.39, 0.29) is 11.4 Å². The molecule has 3 nitrogen and oxygen atoms in total. The van der Waals surface area contributed by atoms with Crippen LogP contribution in [0.3, 0.4) is 0 Å². The number of rotatable bonds is 4. The number of para-hydroxylation sites is 2. The standard InChI is InChI=1S/C18H13F3N2OS/c19-18(20,21)13-6-2-4-8-15(13)22-16(24)11-25-17-10-9-12-5-1-3-7-14(12)23-17/h1-10H,11H2,(H,22,24). The number of fused-ring (bicyclic) bond motifs is 1. The van der Waals surface area contributed by atoms with Crippen LogP contribution < -0.4 is 5.32 Å². The van der Waals surface area contributed by atoms with Gasteiger partial charge in [-0.05, 0) is 24.3 Å². The molecule has 1 N–H and O–H groups in total. The quantitative estimate of drug-likeness (QED) is 0.665. The Morgan fingerprint density at radius 3 is 2.52 bits per heavy atom. The monoisotopic (exact) mass is 362 g/mol. The number of thioether (sulfide) groups is 1. The molecule has 0 saturated heterocycles. The van der Waals surface area contributed by atoms with Crippen molar-refractivity contribution in [3.63, 3.8) is 0 Å². The number of hydrogen-bond donors (Lipinski definition) is 1. The molecule has 0 aliphatic heterocycles. The first-order chi connectivity index (χ1) is 11.9. The van der Waals surface area contributed by atoms with Crippen molar-refractivity contribution in [2.24, 2.45) is 0 Å². The first-order valence-electron chi connectivity index (χ1n) is 7.38. The molecule has 3 rings (SSSR count). The lowest BCUT2D eigenvalue weighted by molar-refractivity contribution is -0.137. The third kappa shape index (κ3) is 4.30. The molecule has 0 fully saturated rings. The average Bonchev–Trinajstić information content (AvgIpc) is 2.59. The summed E-state index contributed by atoms with van der Waals surface area (Å²) < 4.78 is 38.8. The minimum atomic E-state index is -4.52. The maximum Gasteiger partial charge on any atom is 0.418 e. The molecular formula is C18H13F3N2OS. The zero-order valence-electron chi connectivity index (χ0n) is 12.9. The minimum absolute atomic E-state index is 0.0302. The summed E-state index contributed by atoms with van der Waals surface area (Å²) >= 11 is 1.17. The largest absolute Gasteiger partial charge is 0.418 e. The highest BCUT2D eigenvalue weighted by atomic mass is 32.2. The maximum atomic E-state index is 12.9. The fraction of sp³-hybridized carbons (Fsp3) is 0.111. The Bertz CT molecular complexity index is 912. The Hall–Kier alpha value is -2.54. The van der Waals surface area contributed by atoms with Gasteiger partial charge in [-0.3, -0.25) is 4.79 Å². The molecule has 3 aromatic rings. The van der Waals surface area contributed by atoms with Crippen LogP contribution >= 0.6 is 11.8 Å². The van der Waals surface area contributed by atoms with Crippen molar-refractivity contribution >= 4 is 34.3 Å². The molecular weight excluding hydrogens is 349 g/mol. The maximum absolute atomic E-state index is 12.9. The fourth-order valence-electron chi connectivity index (χ4n) is 2.29. The third-order valence-corrected chi connectivity index (χ3v) is 4.36. The van der Waals surface area contributed by atoms with E-state index >= 15 is 0 Å². The Morgan fingerprint density at radius 1 is 1.00 bits per heavy atom. The molecule has 0 spiro atoms. The summed E-state index contributed by atoms with van der Waals surface area (Å²) in [6.07, 6.45) is -4.52. The number of anilines is 1. The van der Waals surface area contributed by atoms with Gasteiger partial charge in [-0.15, -0.1) is 0 Å². The Labute approximate surface area is 146 Å². The molecule has 0 atom stereocenters. The fourth-order valence-corrected chi connectivity index (χ4v) is 2.97. The van der Waals surface area contributed by atoms with Crippen molar-refractivity contribution in [2.75, 3.05) is 11.1 Å². The van der Waals surface area contributed by atoms with Gasteiger partial charge in [-0.2, -0.15) is 13.2 Å². The highest BCUT2D eigenvalue weighted by Gasteiger charge is 2.33. The van der Waals surface area contributed by atoms with E-state index < -0.39 is 17.6 Å². The lowest BCUT2D eigenvalue weighted by Gasteiger charge is -2.13. The number of nitrogens with zero attached hydrogens (tertiary/aromatic N) is 1. The van der Waals surface area contributed by atoms with Gasteiger partial charge in [-0.25, -0.2) is 4.98 Å². The van der Waals surface area contributed by atoms with Crippen molar-refractivity contribution in [1.82, 2.24) is 4.98 Å². The molecule has 25 heavy (non-hydrogen) atoms. The molecule has 0 aliphatic rings. The van der Waals surface area contributed by atoms with Gasteiger partial charge >= 0.3 is 6.18 Å². The van der Waals surface area contributed by atoms with Gasteiger partial charge in [0, 0.05) is 5.39 Å². The van der Waals surface area contributed by atoms with Gasteiger partial charge in [0.1, 0.15) is 0 Å². The van der Waals surface area contributed by atoms with Crippen LogP contribution in [0, 0.1) is 0 Å². The number of halogens is 3. The summed E-state index contributed by atoms with van der Waals surface area (Å²) in [4.78, 5) is 16.4. The molecule has 1 heterocycles. The van der Waals surface area contributed by atoms with Crippen molar-refractivity contribution in [1.29, 1.82) is 0 Å². The van der Waals surface area contributed by atoms with E-state index in [1.165, 1.54) is 30.0 Å². The number of aromatic nitrogens is 1. The van der Waals surface area contributed by atoms with Gasteiger partial charge in [0.2, 0.25) is 5.91 Å². The van der Waals surface area contributed by atoms with Gasteiger partial charge in [0.15, 0.2) is 0 Å². The normalized spacial score (nSPS) is 11.5. The predicted octanol–water partition coefficient (Wildman–Crippen LogP) is 4.98. The highest BCUT2D eigenvalue weighted by Crippen LogP contribution is 2.34. The molecule has 0 saturated carbocycles. The minimum Gasteiger partial charge on any atom is -0.325 e. The van der Waals surface area contributed by atoms with E-state index in [0.29, 0.717) is 5.03 Å². The van der Waals surface area contributed by atoms with Crippen LogP contribution in [0.25, 0.3) is 10.9 Å². The topological polar surface area (TPSA) is 42.0 Å². The van der Waals surface area contributed by atoms with Crippen LogP contribution in [-0.2, 0) is 11.0 Å². The van der Waals surface area contributed by atoms with Crippen molar-refractivity contribution in [2.45, 2.75) is 11.2 Å². The smallest absolute Gasteiger partial charge is 0.325 e. The van der Waals surface area contributed by atoms with E-state index in [9.17, 15) is 18.0 Å². The van der Waals surface area contributed by atoms with Crippen LogP contribution in [0.15, 0.2) is 65.7 Å². The SMILES string of the molecule is O=C(CSc1ccc2ccccc2n1)Nc1ccccc1C(F)(F)F. The zero-order valence-corrected chi connectivity index (χ0v) is 13.7. The Kier molecular flexibility index (Phi) is 4.94. The number of benzene rings is 2. The predicted molar refractivity (Wildman–Crippen MR) is 92.5 cm³/mol. The second-order valence-electron chi connectivity index (χ2n) is 5.22. The highest BCUT2D eigenvalue weighted by molar-refractivity contribution is 7.99. The molecule has 7 heteroatoms. The first kappa shape index (κ1) is 17.3. The van der Waals surface area contributed by atoms with E-state index in [2.05, 4.69) is 10.3 Å². The number of amides is 1. The van der Waals surface area contributed by atoms with Crippen LogP contribution in [0.2, 0.25) is 0 Å². The van der Waals surface area contributed by atoms with Gasteiger partial charge in [-0.1, -0.05) is 48.2 Å². The number of carbonyl (C=O) groups excluding carboxylic acids is 1. The van der Waals surface area contributed by atoms with E-state index in [0.717, 1.165) is 17.0 Å². The average molecular weight is 362 g/mol. The number of alkyl halides is 3. The lowest BCUT2D eigenvalue weighted by Crippen LogP contribution is -2.18. The molecule has 128 valence electrons. The summed E-state index contributed by atoms with van der Waals surface area (Å²) in [5, 5.41) is 3.94. The summed E-state index contributed by atoms with van der Waals surface area (Å²) in [6, 6.07) is 16.1. The zero-order chi connectivity index (χ0) is 17.9. The Balaban J connectivity index is 1.67. The molecule has 0 aliphatic carbocycles. The summed E-state index contributed by atoms with van der Waals surface area (Å²) in [5.74, 6) is -0.547. The molecule has 2 aromatic carbocycles. The van der Waals surface area contributed by atoms with Crippen LogP contribution in [0.4, 0.5) is 18.9 Å². The van der Waals surface area contributed by atoms with E-state index in [1.807, 2.05) is 30.3 Å². The van der Waals surface area contributed by atoms with Gasteiger partial charge in [0.25, 0.3) is 0 Å². The van der Waals surface area contributed by atoms with Crippen molar-refractivity contribution < 1.29 is 18.0 Å². The molecule has 0 radical (unpaired) electrons. The van der Waals surface area contributed by atoms with Crippen molar-refractivity contribution in [3.8, 4) is 0 Å². The molecule has 0 unspecified atom stereocenters.